The van der Waals surface area contributed by atoms with E-state index in [1.165, 1.54) is 7.11 Å². The van der Waals surface area contributed by atoms with E-state index in [1.54, 1.807) is 35.5 Å². The highest BCUT2D eigenvalue weighted by molar-refractivity contribution is 7.13. The number of hydrogen-bond donors (Lipinski definition) is 1. The lowest BCUT2D eigenvalue weighted by molar-refractivity contribution is 0.0599. The molecule has 0 saturated carbocycles. The van der Waals surface area contributed by atoms with E-state index in [4.69, 9.17) is 9.47 Å². The van der Waals surface area contributed by atoms with E-state index in [0.717, 1.165) is 21.7 Å². The van der Waals surface area contributed by atoms with Crippen LogP contribution in [0, 0.1) is 0 Å². The minimum absolute atomic E-state index is 0.131. The highest BCUT2D eigenvalue weighted by atomic mass is 32.1. The van der Waals surface area contributed by atoms with Crippen molar-refractivity contribution in [2.45, 2.75) is 6.04 Å². The van der Waals surface area contributed by atoms with E-state index in [0.29, 0.717) is 24.4 Å². The Morgan fingerprint density at radius 1 is 1.25 bits per heavy atom. The predicted molar refractivity (Wildman–Crippen MR) is 104 cm³/mol. The Morgan fingerprint density at radius 2 is 2.04 bits per heavy atom. The van der Waals surface area contributed by atoms with Crippen LogP contribution in [-0.4, -0.2) is 54.3 Å². The molecule has 0 aliphatic carbocycles. The van der Waals surface area contributed by atoms with Crippen LogP contribution in [0.15, 0.2) is 41.8 Å². The van der Waals surface area contributed by atoms with E-state index in [9.17, 15) is 9.59 Å². The minimum atomic E-state index is -0.395. The molecule has 1 N–H and O–H groups in total. The molecule has 28 heavy (non-hydrogen) atoms. The number of ether oxygens (including phenoxy) is 2. The average molecular weight is 397 g/mol. The van der Waals surface area contributed by atoms with Gasteiger partial charge in [0.25, 0.3) is 5.91 Å². The van der Waals surface area contributed by atoms with E-state index in [1.807, 2.05) is 29.6 Å². The van der Waals surface area contributed by atoms with Crippen LogP contribution in [0.3, 0.4) is 0 Å². The number of amides is 1. The van der Waals surface area contributed by atoms with Gasteiger partial charge < -0.3 is 14.4 Å². The molecule has 4 rings (SSSR count). The molecular formula is C20H19N3O4S. The fourth-order valence-corrected chi connectivity index (χ4v) is 4.22. The summed E-state index contributed by atoms with van der Waals surface area (Å²) < 4.78 is 9.97. The maximum atomic E-state index is 13.0. The molecule has 0 fully saturated rings. The molecule has 1 aromatic carbocycles. The first-order valence-corrected chi connectivity index (χ1v) is 9.64. The van der Waals surface area contributed by atoms with Gasteiger partial charge in [-0.05, 0) is 29.1 Å². The van der Waals surface area contributed by atoms with Crippen LogP contribution in [0.25, 0.3) is 10.6 Å². The van der Waals surface area contributed by atoms with Gasteiger partial charge in [-0.3, -0.25) is 9.89 Å². The Kier molecular flexibility index (Phi) is 4.97. The standard InChI is InChI=1S/C20H19N3O4S/c1-26-10-9-23-18(12-5-7-13(8-6-12)20(25)27-2)15-16(14-4-3-11-28-14)21-22-17(15)19(23)24/h3-8,11,18H,9-10H2,1-2H3,(H,21,22). The molecule has 2 aromatic heterocycles. The highest BCUT2D eigenvalue weighted by Crippen LogP contribution is 2.43. The third kappa shape index (κ3) is 3.00. The number of aromatic nitrogens is 2. The zero-order chi connectivity index (χ0) is 19.7. The lowest BCUT2D eigenvalue weighted by Gasteiger charge is -2.26. The molecule has 0 bridgehead atoms. The van der Waals surface area contributed by atoms with E-state index < -0.39 is 5.97 Å². The monoisotopic (exact) mass is 397 g/mol. The Labute approximate surface area is 165 Å². The van der Waals surface area contributed by atoms with Crippen molar-refractivity contribution in [2.24, 2.45) is 0 Å². The number of thiophene rings is 1. The lowest BCUT2D eigenvalue weighted by atomic mass is 9.97. The van der Waals surface area contributed by atoms with Crippen LogP contribution in [0.1, 0.15) is 38.0 Å². The normalized spacial score (nSPS) is 15.7. The van der Waals surface area contributed by atoms with Gasteiger partial charge in [0.05, 0.1) is 35.9 Å². The molecule has 3 heterocycles. The Morgan fingerprint density at radius 3 is 2.68 bits per heavy atom. The quantitative estimate of drug-likeness (QED) is 0.646. The molecule has 0 radical (unpaired) electrons. The Balaban J connectivity index is 1.80. The van der Waals surface area contributed by atoms with Gasteiger partial charge in [0.1, 0.15) is 0 Å². The molecule has 0 spiro atoms. The first-order valence-electron chi connectivity index (χ1n) is 8.76. The van der Waals surface area contributed by atoms with Crippen molar-refractivity contribution in [2.75, 3.05) is 27.4 Å². The van der Waals surface area contributed by atoms with Crippen LogP contribution in [0.4, 0.5) is 0 Å². The van der Waals surface area contributed by atoms with Crippen molar-refractivity contribution in [3.05, 3.63) is 64.2 Å². The molecule has 1 aliphatic rings. The van der Waals surface area contributed by atoms with E-state index in [-0.39, 0.29) is 11.9 Å². The second-order valence-electron chi connectivity index (χ2n) is 6.35. The fourth-order valence-electron chi connectivity index (χ4n) is 3.48. The fraction of sp³-hybridized carbons (Fsp3) is 0.250. The number of fused-ring (bicyclic) bond motifs is 1. The van der Waals surface area contributed by atoms with Gasteiger partial charge in [0.15, 0.2) is 5.69 Å². The zero-order valence-electron chi connectivity index (χ0n) is 15.5. The lowest BCUT2D eigenvalue weighted by Crippen LogP contribution is -2.32. The second-order valence-corrected chi connectivity index (χ2v) is 7.29. The van der Waals surface area contributed by atoms with Gasteiger partial charge in [-0.25, -0.2) is 4.79 Å². The number of methoxy groups -OCH3 is 2. The number of esters is 1. The molecule has 1 amide bonds. The summed E-state index contributed by atoms with van der Waals surface area (Å²) in [4.78, 5) is 27.5. The summed E-state index contributed by atoms with van der Waals surface area (Å²) in [5.41, 5.74) is 3.50. The molecule has 0 saturated heterocycles. The van der Waals surface area contributed by atoms with E-state index >= 15 is 0 Å². The van der Waals surface area contributed by atoms with Crippen molar-refractivity contribution < 1.29 is 19.1 Å². The molecule has 3 aromatic rings. The van der Waals surface area contributed by atoms with Crippen molar-refractivity contribution in [3.63, 3.8) is 0 Å². The number of nitrogens with one attached hydrogen (secondary N) is 1. The van der Waals surface area contributed by atoms with Crippen molar-refractivity contribution in [1.29, 1.82) is 0 Å². The Hall–Kier alpha value is -2.97. The van der Waals surface area contributed by atoms with Crippen LogP contribution >= 0.6 is 11.3 Å². The smallest absolute Gasteiger partial charge is 0.337 e. The molecule has 1 aliphatic heterocycles. The van der Waals surface area contributed by atoms with Crippen LogP contribution in [0.2, 0.25) is 0 Å². The summed E-state index contributed by atoms with van der Waals surface area (Å²) in [5, 5.41) is 9.32. The van der Waals surface area contributed by atoms with Crippen LogP contribution in [-0.2, 0) is 9.47 Å². The minimum Gasteiger partial charge on any atom is -0.465 e. The summed E-state index contributed by atoms with van der Waals surface area (Å²) in [6.07, 6.45) is 0. The molecular weight excluding hydrogens is 378 g/mol. The first-order chi connectivity index (χ1) is 13.7. The number of nitrogens with zero attached hydrogens (tertiary/aromatic N) is 2. The summed E-state index contributed by atoms with van der Waals surface area (Å²) in [7, 11) is 2.96. The molecule has 7 nitrogen and oxygen atoms in total. The molecule has 1 unspecified atom stereocenters. The maximum absolute atomic E-state index is 13.0. The Bertz CT molecular complexity index is 995. The first kappa shape index (κ1) is 18.4. The number of H-pyrrole nitrogens is 1. The zero-order valence-corrected chi connectivity index (χ0v) is 16.3. The van der Waals surface area contributed by atoms with Crippen molar-refractivity contribution in [3.8, 4) is 10.6 Å². The van der Waals surface area contributed by atoms with Gasteiger partial charge in [-0.1, -0.05) is 18.2 Å². The van der Waals surface area contributed by atoms with Gasteiger partial charge in [-0.15, -0.1) is 11.3 Å². The number of carbonyl (C=O) groups excluding carboxylic acids is 2. The number of aromatic amines is 1. The molecule has 144 valence electrons. The van der Waals surface area contributed by atoms with E-state index in [2.05, 4.69) is 10.2 Å². The largest absolute Gasteiger partial charge is 0.465 e. The summed E-state index contributed by atoms with van der Waals surface area (Å²) in [6, 6.07) is 10.8. The average Bonchev–Trinajstić information content (AvgIpc) is 3.44. The molecule has 8 heteroatoms. The summed E-state index contributed by atoms with van der Waals surface area (Å²) in [6.45, 7) is 0.865. The SMILES string of the molecule is COCCN1C(=O)c2n[nH]c(-c3cccs3)c2C1c1ccc(C(=O)OC)cc1. The molecule has 1 atom stereocenters. The maximum Gasteiger partial charge on any atom is 0.337 e. The van der Waals surface area contributed by atoms with Crippen molar-refractivity contribution >= 4 is 23.2 Å². The van der Waals surface area contributed by atoms with Crippen LogP contribution < -0.4 is 0 Å². The number of carbonyl (C=O) groups is 2. The number of benzene rings is 1. The van der Waals surface area contributed by atoms with Crippen molar-refractivity contribution in [1.82, 2.24) is 15.1 Å². The van der Waals surface area contributed by atoms with Gasteiger partial charge in [0, 0.05) is 19.2 Å². The summed E-state index contributed by atoms with van der Waals surface area (Å²) in [5.74, 6) is -0.526. The second kappa shape index (κ2) is 7.57. The topological polar surface area (TPSA) is 84.5 Å². The highest BCUT2D eigenvalue weighted by Gasteiger charge is 2.42. The number of hydrogen-bond acceptors (Lipinski definition) is 6. The third-order valence-electron chi connectivity index (χ3n) is 4.80. The third-order valence-corrected chi connectivity index (χ3v) is 5.69. The predicted octanol–water partition coefficient (Wildman–Crippen LogP) is 3.12. The summed E-state index contributed by atoms with van der Waals surface area (Å²) >= 11 is 1.59. The van der Waals surface area contributed by atoms with Crippen LogP contribution in [0.5, 0.6) is 0 Å². The van der Waals surface area contributed by atoms with Gasteiger partial charge in [0.2, 0.25) is 0 Å². The van der Waals surface area contributed by atoms with Gasteiger partial charge in [-0.2, -0.15) is 5.10 Å². The van der Waals surface area contributed by atoms with Gasteiger partial charge >= 0.3 is 5.97 Å². The number of rotatable bonds is 6.